The molecule has 8 heteroatoms. The van der Waals surface area contributed by atoms with E-state index in [2.05, 4.69) is 10.2 Å². The van der Waals surface area contributed by atoms with Crippen LogP contribution in [-0.4, -0.2) is 29.3 Å². The molecule has 2 unspecified atom stereocenters. The van der Waals surface area contributed by atoms with Crippen molar-refractivity contribution in [1.29, 1.82) is 0 Å². The van der Waals surface area contributed by atoms with E-state index in [9.17, 15) is 22.5 Å². The van der Waals surface area contributed by atoms with E-state index in [1.54, 1.807) is 24.3 Å². The molecule has 3 aromatic rings. The van der Waals surface area contributed by atoms with Crippen LogP contribution in [0.3, 0.4) is 0 Å². The van der Waals surface area contributed by atoms with Gasteiger partial charge in [0.25, 0.3) is 0 Å². The maximum atomic E-state index is 12.8. The van der Waals surface area contributed by atoms with Gasteiger partial charge in [0, 0.05) is 30.4 Å². The third-order valence-electron chi connectivity index (χ3n) is 6.23. The fourth-order valence-corrected chi connectivity index (χ4v) is 5.06. The molecule has 0 radical (unpaired) electrons. The number of nitrogens with one attached hydrogen (secondary N) is 1. The minimum Gasteiger partial charge on any atom is -0.611 e. The van der Waals surface area contributed by atoms with Gasteiger partial charge in [-0.25, -0.2) is 0 Å². The Bertz CT molecular complexity index is 1130. The second kappa shape index (κ2) is 10.7. The summed E-state index contributed by atoms with van der Waals surface area (Å²) in [5, 5.41) is 2.90. The highest BCUT2D eigenvalue weighted by Gasteiger charge is 2.31. The molecular weight excluding hydrogens is 473 g/mol. The van der Waals surface area contributed by atoms with Crippen molar-refractivity contribution >= 4 is 28.5 Å². The van der Waals surface area contributed by atoms with Crippen molar-refractivity contribution in [2.45, 2.75) is 36.8 Å². The molecule has 4 nitrogen and oxygen atoms in total. The second-order valence-corrected chi connectivity index (χ2v) is 10.3. The van der Waals surface area contributed by atoms with Gasteiger partial charge in [-0.05, 0) is 84.2 Å². The number of amides is 1. The lowest BCUT2D eigenvalue weighted by Crippen LogP contribution is -2.19. The van der Waals surface area contributed by atoms with Crippen LogP contribution >= 0.6 is 0 Å². The normalized spacial score (nSPS) is 16.8. The molecule has 0 bridgehead atoms. The quantitative estimate of drug-likeness (QED) is 0.405. The largest absolute Gasteiger partial charge is 0.611 e. The predicted molar refractivity (Wildman–Crippen MR) is 133 cm³/mol. The number of anilines is 2. The van der Waals surface area contributed by atoms with Gasteiger partial charge in [0.2, 0.25) is 5.91 Å². The number of benzene rings is 3. The number of alkyl halides is 3. The summed E-state index contributed by atoms with van der Waals surface area (Å²) in [4.78, 5) is 15.4. The first-order chi connectivity index (χ1) is 16.7. The molecule has 2 atom stereocenters. The molecule has 1 aliphatic heterocycles. The summed E-state index contributed by atoms with van der Waals surface area (Å²) in [7, 11) is 0. The van der Waals surface area contributed by atoms with Crippen molar-refractivity contribution < 1.29 is 22.5 Å². The lowest BCUT2D eigenvalue weighted by Gasteiger charge is -2.19. The zero-order valence-electron chi connectivity index (χ0n) is 19.3. The van der Waals surface area contributed by atoms with Crippen LogP contribution in [0.25, 0.3) is 0 Å². The number of hydrogen-bond donors (Lipinski definition) is 1. The van der Waals surface area contributed by atoms with E-state index < -0.39 is 22.9 Å². The summed E-state index contributed by atoms with van der Waals surface area (Å²) in [5.74, 6) is 0.603. The van der Waals surface area contributed by atoms with Crippen LogP contribution in [0.15, 0.2) is 77.7 Å². The first kappa shape index (κ1) is 25.1. The van der Waals surface area contributed by atoms with E-state index in [-0.39, 0.29) is 18.2 Å². The number of rotatable bonds is 7. The van der Waals surface area contributed by atoms with Crippen molar-refractivity contribution in [3.05, 3.63) is 89.5 Å². The topological polar surface area (TPSA) is 55.4 Å². The summed E-state index contributed by atoms with van der Waals surface area (Å²) in [6.45, 7) is 3.41. The van der Waals surface area contributed by atoms with Crippen LogP contribution in [-0.2, 0) is 28.6 Å². The van der Waals surface area contributed by atoms with E-state index in [1.165, 1.54) is 0 Å². The van der Waals surface area contributed by atoms with Crippen molar-refractivity contribution in [2.75, 3.05) is 29.1 Å². The number of nitrogens with zero attached hydrogens (tertiary/aromatic N) is 1. The highest BCUT2D eigenvalue weighted by Crippen LogP contribution is 2.34. The minimum atomic E-state index is -4.32. The summed E-state index contributed by atoms with van der Waals surface area (Å²) in [6, 6.07) is 20.3. The molecule has 184 valence electrons. The average molecular weight is 501 g/mol. The van der Waals surface area contributed by atoms with E-state index in [0.29, 0.717) is 11.4 Å². The molecule has 1 saturated heterocycles. The van der Waals surface area contributed by atoms with Crippen LogP contribution in [0, 0.1) is 0 Å². The number of halogens is 3. The van der Waals surface area contributed by atoms with Crippen LogP contribution in [0.5, 0.6) is 0 Å². The number of carbonyl (C=O) groups is 1. The van der Waals surface area contributed by atoms with Crippen molar-refractivity contribution in [3.63, 3.8) is 0 Å². The van der Waals surface area contributed by atoms with Gasteiger partial charge >= 0.3 is 6.18 Å². The molecule has 1 amide bonds. The molecule has 1 fully saturated rings. The molecule has 0 aliphatic carbocycles. The van der Waals surface area contributed by atoms with Gasteiger partial charge in [-0.1, -0.05) is 24.3 Å². The number of hydrogen-bond acceptors (Lipinski definition) is 3. The monoisotopic (exact) mass is 500 g/mol. The first-order valence-corrected chi connectivity index (χ1v) is 12.8. The average Bonchev–Trinajstić information content (AvgIpc) is 3.34. The highest BCUT2D eigenvalue weighted by molar-refractivity contribution is 7.91. The minimum absolute atomic E-state index is 0.134. The lowest BCUT2D eigenvalue weighted by atomic mass is 9.97. The van der Waals surface area contributed by atoms with Crippen LogP contribution in [0.1, 0.15) is 36.0 Å². The molecule has 3 aromatic carbocycles. The molecule has 0 spiro atoms. The molecule has 1 aliphatic rings. The second-order valence-electron chi connectivity index (χ2n) is 8.60. The van der Waals surface area contributed by atoms with Gasteiger partial charge < -0.3 is 14.8 Å². The number of carbonyl (C=O) groups excluding carboxylic acids is 1. The molecule has 0 saturated carbocycles. The summed E-state index contributed by atoms with van der Waals surface area (Å²) >= 11 is -1.01. The van der Waals surface area contributed by atoms with Gasteiger partial charge in [0.15, 0.2) is 4.90 Å². The zero-order chi connectivity index (χ0) is 25.0. The first-order valence-electron chi connectivity index (χ1n) is 11.5. The molecule has 1 heterocycles. The summed E-state index contributed by atoms with van der Waals surface area (Å²) in [6.07, 6.45) is -3.23. The van der Waals surface area contributed by atoms with Crippen molar-refractivity contribution in [2.24, 2.45) is 0 Å². The van der Waals surface area contributed by atoms with Gasteiger partial charge in [0.1, 0.15) is 5.75 Å². The third-order valence-corrected chi connectivity index (χ3v) is 7.55. The van der Waals surface area contributed by atoms with Gasteiger partial charge in [-0.3, -0.25) is 4.79 Å². The SMILES string of the molecule is CC[S+]([O-])c1ccc(CC(=O)Nc2ccc(N3CCC(c4ccc(C(F)(F)F)cc4)C3)cc2)cc1. The fraction of sp³-hybridized carbons (Fsp3) is 0.296. The predicted octanol–water partition coefficient (Wildman–Crippen LogP) is 6.01. The van der Waals surface area contributed by atoms with Crippen molar-refractivity contribution in [1.82, 2.24) is 0 Å². The Balaban J connectivity index is 1.30. The Kier molecular flexibility index (Phi) is 7.72. The summed E-state index contributed by atoms with van der Waals surface area (Å²) in [5.41, 5.74) is 2.84. The Morgan fingerprint density at radius 3 is 2.29 bits per heavy atom. The van der Waals surface area contributed by atoms with Crippen LogP contribution in [0.4, 0.5) is 24.5 Å². The van der Waals surface area contributed by atoms with E-state index in [4.69, 9.17) is 0 Å². The van der Waals surface area contributed by atoms with Gasteiger partial charge in [0.05, 0.1) is 12.0 Å². The third kappa shape index (κ3) is 6.38. The molecule has 0 aromatic heterocycles. The van der Waals surface area contributed by atoms with E-state index in [1.807, 2.05) is 43.3 Å². The van der Waals surface area contributed by atoms with E-state index in [0.717, 1.165) is 53.4 Å². The van der Waals surface area contributed by atoms with Crippen LogP contribution < -0.4 is 10.2 Å². The lowest BCUT2D eigenvalue weighted by molar-refractivity contribution is -0.137. The van der Waals surface area contributed by atoms with E-state index >= 15 is 0 Å². The molecule has 4 rings (SSSR count). The standard InChI is InChI=1S/C27H27F3N2O2S/c1-2-35(34)25-13-3-19(4-14-25)17-26(33)31-23-9-11-24(12-10-23)32-16-15-21(18-32)20-5-7-22(8-6-20)27(28,29)30/h3-14,21H,2,15-18H2,1H3,(H,31,33). The smallest absolute Gasteiger partial charge is 0.416 e. The van der Waals surface area contributed by atoms with Crippen LogP contribution in [0.2, 0.25) is 0 Å². The zero-order valence-corrected chi connectivity index (χ0v) is 20.2. The molecular formula is C27H27F3N2O2S. The van der Waals surface area contributed by atoms with Gasteiger partial charge in [-0.15, -0.1) is 0 Å². The van der Waals surface area contributed by atoms with Crippen molar-refractivity contribution in [3.8, 4) is 0 Å². The Morgan fingerprint density at radius 1 is 1.03 bits per heavy atom. The maximum absolute atomic E-state index is 12.8. The highest BCUT2D eigenvalue weighted by atomic mass is 32.2. The maximum Gasteiger partial charge on any atom is 0.416 e. The Hall–Kier alpha value is -2.97. The molecule has 1 N–H and O–H groups in total. The molecule has 35 heavy (non-hydrogen) atoms. The van der Waals surface area contributed by atoms with Gasteiger partial charge in [-0.2, -0.15) is 13.2 Å². The Morgan fingerprint density at radius 2 is 1.69 bits per heavy atom. The fourth-order valence-electron chi connectivity index (χ4n) is 4.28. The summed E-state index contributed by atoms with van der Waals surface area (Å²) < 4.78 is 50.3. The Labute approximate surface area is 206 Å².